The summed E-state index contributed by atoms with van der Waals surface area (Å²) < 4.78 is 10.5. The minimum absolute atomic E-state index is 0.0752. The molecule has 0 aliphatic carbocycles. The van der Waals surface area contributed by atoms with E-state index in [-0.39, 0.29) is 11.3 Å². The fourth-order valence-corrected chi connectivity index (χ4v) is 2.43. The largest absolute Gasteiger partial charge is 0.497 e. The van der Waals surface area contributed by atoms with Crippen molar-refractivity contribution >= 4 is 27.6 Å². The maximum Gasteiger partial charge on any atom is 0.338 e. The van der Waals surface area contributed by atoms with Crippen LogP contribution in [0.1, 0.15) is 22.0 Å². The number of nitro benzene ring substituents is 1. The van der Waals surface area contributed by atoms with E-state index in [0.29, 0.717) is 11.1 Å². The zero-order chi connectivity index (χ0) is 16.8. The number of benzene rings is 2. The molecule has 0 heterocycles. The fourth-order valence-electron chi connectivity index (χ4n) is 1.92. The third-order valence-corrected chi connectivity index (χ3v) is 3.78. The molecule has 0 N–H and O–H groups in total. The molecular formula is C16H14BrNO5. The number of ether oxygens (including phenoxy) is 2. The van der Waals surface area contributed by atoms with Crippen LogP contribution < -0.4 is 4.74 Å². The van der Waals surface area contributed by atoms with E-state index in [0.717, 1.165) is 5.56 Å². The van der Waals surface area contributed by atoms with Gasteiger partial charge in [0.05, 0.1) is 17.6 Å². The van der Waals surface area contributed by atoms with Gasteiger partial charge in [-0.2, -0.15) is 0 Å². The summed E-state index contributed by atoms with van der Waals surface area (Å²) in [5.41, 5.74) is 1.00. The Balaban J connectivity index is 2.10. The molecule has 2 rings (SSSR count). The van der Waals surface area contributed by atoms with Gasteiger partial charge in [0.1, 0.15) is 11.9 Å². The SMILES string of the molecule is COc1ccc(C(CBr)OC(=O)c2ccc([N+](=O)[O-])cc2)cc1. The van der Waals surface area contributed by atoms with E-state index in [1.54, 1.807) is 19.2 Å². The lowest BCUT2D eigenvalue weighted by Gasteiger charge is -2.16. The number of nitrogens with zero attached hydrogens (tertiary/aromatic N) is 1. The first kappa shape index (κ1) is 17.0. The highest BCUT2D eigenvalue weighted by atomic mass is 79.9. The second-order valence-electron chi connectivity index (χ2n) is 4.63. The van der Waals surface area contributed by atoms with Gasteiger partial charge in [-0.1, -0.05) is 28.1 Å². The van der Waals surface area contributed by atoms with Crippen LogP contribution >= 0.6 is 15.9 Å². The molecule has 0 aliphatic heterocycles. The van der Waals surface area contributed by atoms with Crippen molar-refractivity contribution in [2.45, 2.75) is 6.10 Å². The van der Waals surface area contributed by atoms with Crippen LogP contribution in [0.5, 0.6) is 5.75 Å². The number of esters is 1. The molecule has 0 bridgehead atoms. The molecule has 0 saturated heterocycles. The van der Waals surface area contributed by atoms with Gasteiger partial charge in [-0.15, -0.1) is 0 Å². The monoisotopic (exact) mass is 379 g/mol. The minimum atomic E-state index is -0.542. The molecule has 7 heteroatoms. The molecule has 0 spiro atoms. The van der Waals surface area contributed by atoms with Crippen LogP contribution in [0.4, 0.5) is 5.69 Å². The number of halogens is 1. The third-order valence-electron chi connectivity index (χ3n) is 3.19. The lowest BCUT2D eigenvalue weighted by Crippen LogP contribution is -2.13. The number of carbonyl (C=O) groups excluding carboxylic acids is 1. The van der Waals surface area contributed by atoms with Crippen LogP contribution in [0.2, 0.25) is 0 Å². The van der Waals surface area contributed by atoms with Gasteiger partial charge < -0.3 is 9.47 Å². The second kappa shape index (κ2) is 7.73. The average molecular weight is 380 g/mol. The Bertz CT molecular complexity index is 685. The number of hydrogen-bond donors (Lipinski definition) is 0. The topological polar surface area (TPSA) is 78.7 Å². The summed E-state index contributed by atoms with van der Waals surface area (Å²) >= 11 is 3.32. The molecule has 1 unspecified atom stereocenters. The van der Waals surface area contributed by atoms with Crippen LogP contribution in [0.25, 0.3) is 0 Å². The summed E-state index contributed by atoms with van der Waals surface area (Å²) in [5.74, 6) is 0.170. The molecule has 120 valence electrons. The molecule has 0 saturated carbocycles. The molecule has 6 nitrogen and oxygen atoms in total. The Morgan fingerprint density at radius 3 is 2.26 bits per heavy atom. The van der Waals surface area contributed by atoms with Crippen LogP contribution in [0, 0.1) is 10.1 Å². The van der Waals surface area contributed by atoms with Crippen LogP contribution in [-0.4, -0.2) is 23.3 Å². The van der Waals surface area contributed by atoms with Crippen LogP contribution in [0.3, 0.4) is 0 Å². The van der Waals surface area contributed by atoms with Gasteiger partial charge in [0.25, 0.3) is 5.69 Å². The third kappa shape index (κ3) is 4.29. The molecule has 2 aromatic carbocycles. The van der Waals surface area contributed by atoms with Gasteiger partial charge in [0, 0.05) is 17.5 Å². The Hall–Kier alpha value is -2.41. The first-order chi connectivity index (χ1) is 11.0. The molecule has 0 aliphatic rings. The number of methoxy groups -OCH3 is 1. The van der Waals surface area contributed by atoms with Crippen molar-refractivity contribution in [3.63, 3.8) is 0 Å². The Labute approximate surface area is 141 Å². The summed E-state index contributed by atoms with van der Waals surface area (Å²) in [6.45, 7) is 0. The lowest BCUT2D eigenvalue weighted by atomic mass is 10.1. The number of carbonyl (C=O) groups is 1. The predicted molar refractivity (Wildman–Crippen MR) is 88.0 cm³/mol. The highest BCUT2D eigenvalue weighted by Crippen LogP contribution is 2.24. The smallest absolute Gasteiger partial charge is 0.338 e. The van der Waals surface area contributed by atoms with E-state index < -0.39 is 17.0 Å². The molecular weight excluding hydrogens is 366 g/mol. The lowest BCUT2D eigenvalue weighted by molar-refractivity contribution is -0.384. The number of non-ortho nitro benzene ring substituents is 1. The normalized spacial score (nSPS) is 11.6. The molecule has 0 fully saturated rings. The quantitative estimate of drug-likeness (QED) is 0.329. The van der Waals surface area contributed by atoms with Gasteiger partial charge in [-0.25, -0.2) is 4.79 Å². The second-order valence-corrected chi connectivity index (χ2v) is 5.27. The highest BCUT2D eigenvalue weighted by molar-refractivity contribution is 9.09. The van der Waals surface area contributed by atoms with Crippen LogP contribution in [0.15, 0.2) is 48.5 Å². The van der Waals surface area contributed by atoms with Gasteiger partial charge in [0.15, 0.2) is 0 Å². The van der Waals surface area contributed by atoms with E-state index in [2.05, 4.69) is 15.9 Å². The number of hydrogen-bond acceptors (Lipinski definition) is 5. The Morgan fingerprint density at radius 2 is 1.78 bits per heavy atom. The molecule has 0 amide bonds. The van der Waals surface area contributed by atoms with Crippen molar-refractivity contribution in [2.24, 2.45) is 0 Å². The summed E-state index contributed by atoms with van der Waals surface area (Å²) in [4.78, 5) is 22.3. The Morgan fingerprint density at radius 1 is 1.17 bits per heavy atom. The molecule has 0 radical (unpaired) electrons. The summed E-state index contributed by atoms with van der Waals surface area (Å²) in [5, 5.41) is 11.0. The maximum atomic E-state index is 12.2. The first-order valence-corrected chi connectivity index (χ1v) is 7.82. The van der Waals surface area contributed by atoms with Gasteiger partial charge in [-0.3, -0.25) is 10.1 Å². The molecule has 2 aromatic rings. The standard InChI is InChI=1S/C16H14BrNO5/c1-22-14-8-4-11(5-9-14)15(10-17)23-16(19)12-2-6-13(7-3-12)18(20)21/h2-9,15H,10H2,1H3. The number of rotatable bonds is 6. The molecule has 1 atom stereocenters. The molecule has 23 heavy (non-hydrogen) atoms. The zero-order valence-corrected chi connectivity index (χ0v) is 13.9. The van der Waals surface area contributed by atoms with Crippen LogP contribution in [-0.2, 0) is 4.74 Å². The van der Waals surface area contributed by atoms with E-state index in [4.69, 9.17) is 9.47 Å². The summed E-state index contributed by atoms with van der Waals surface area (Å²) in [6.07, 6.45) is -0.469. The first-order valence-electron chi connectivity index (χ1n) is 6.70. The minimum Gasteiger partial charge on any atom is -0.497 e. The van der Waals surface area contributed by atoms with Crippen molar-refractivity contribution in [1.82, 2.24) is 0 Å². The molecule has 0 aromatic heterocycles. The predicted octanol–water partition coefficient (Wildman–Crippen LogP) is 3.90. The van der Waals surface area contributed by atoms with Gasteiger partial charge >= 0.3 is 5.97 Å². The maximum absolute atomic E-state index is 12.2. The van der Waals surface area contributed by atoms with Gasteiger partial charge in [0.2, 0.25) is 0 Å². The Kier molecular flexibility index (Phi) is 5.70. The van der Waals surface area contributed by atoms with Crippen molar-refractivity contribution in [1.29, 1.82) is 0 Å². The fraction of sp³-hybridized carbons (Fsp3) is 0.188. The number of nitro groups is 1. The summed E-state index contributed by atoms with van der Waals surface area (Å²) in [7, 11) is 1.57. The number of alkyl halides is 1. The zero-order valence-electron chi connectivity index (χ0n) is 12.3. The van der Waals surface area contributed by atoms with E-state index in [1.165, 1.54) is 24.3 Å². The van der Waals surface area contributed by atoms with Crippen molar-refractivity contribution < 1.29 is 19.2 Å². The highest BCUT2D eigenvalue weighted by Gasteiger charge is 2.18. The summed E-state index contributed by atoms with van der Waals surface area (Å²) in [6, 6.07) is 12.5. The van der Waals surface area contributed by atoms with Crippen molar-refractivity contribution in [3.8, 4) is 5.75 Å². The van der Waals surface area contributed by atoms with Crippen molar-refractivity contribution in [2.75, 3.05) is 12.4 Å². The van der Waals surface area contributed by atoms with Gasteiger partial charge in [-0.05, 0) is 29.8 Å². The van der Waals surface area contributed by atoms with E-state index >= 15 is 0 Å². The van der Waals surface area contributed by atoms with E-state index in [9.17, 15) is 14.9 Å². The van der Waals surface area contributed by atoms with Crippen molar-refractivity contribution in [3.05, 3.63) is 69.8 Å². The van der Waals surface area contributed by atoms with E-state index in [1.807, 2.05) is 12.1 Å². The average Bonchev–Trinajstić information content (AvgIpc) is 2.59.